The molecule has 0 saturated carbocycles. The Morgan fingerprint density at radius 2 is 1.66 bits per heavy atom. The van der Waals surface area contributed by atoms with Gasteiger partial charge in [0.05, 0.1) is 34.5 Å². The van der Waals surface area contributed by atoms with E-state index in [2.05, 4.69) is 19.9 Å². The van der Waals surface area contributed by atoms with Crippen molar-refractivity contribution in [3.8, 4) is 22.5 Å². The number of benzene rings is 3. The zero-order valence-corrected chi connectivity index (χ0v) is 21.3. The van der Waals surface area contributed by atoms with Crippen LogP contribution in [0.1, 0.15) is 5.56 Å². The van der Waals surface area contributed by atoms with E-state index in [9.17, 15) is 9.59 Å². The molecule has 8 nitrogen and oxygen atoms in total. The average molecular weight is 539 g/mol. The average Bonchev–Trinajstić information content (AvgIpc) is 3.42. The molecule has 10 heteroatoms. The summed E-state index contributed by atoms with van der Waals surface area (Å²) in [7, 11) is 0. The third kappa shape index (κ3) is 4.77. The Bertz CT molecular complexity index is 1850. The lowest BCUT2D eigenvalue weighted by atomic mass is 10.0. The number of carbonyl (C=O) groups excluding carboxylic acids is 1. The van der Waals surface area contributed by atoms with E-state index in [1.54, 1.807) is 12.3 Å². The van der Waals surface area contributed by atoms with Crippen molar-refractivity contribution >= 4 is 51.5 Å². The minimum absolute atomic E-state index is 0.102. The highest BCUT2D eigenvalue weighted by molar-refractivity contribution is 7.98. The maximum atomic E-state index is 12.9. The maximum absolute atomic E-state index is 12.9. The van der Waals surface area contributed by atoms with Gasteiger partial charge in [-0.15, -0.1) is 0 Å². The predicted molar refractivity (Wildman–Crippen MR) is 150 cm³/mol. The molecule has 0 atom stereocenters. The van der Waals surface area contributed by atoms with E-state index in [-0.39, 0.29) is 17.9 Å². The van der Waals surface area contributed by atoms with E-state index in [1.807, 2.05) is 72.8 Å². The zero-order valence-electron chi connectivity index (χ0n) is 19.7. The lowest BCUT2D eigenvalue weighted by molar-refractivity contribution is -0.118. The van der Waals surface area contributed by atoms with Crippen LogP contribution in [0.4, 0.5) is 0 Å². The van der Waals surface area contributed by atoms with E-state index in [4.69, 9.17) is 21.6 Å². The normalized spacial score (nSPS) is 11.2. The fourth-order valence-corrected chi connectivity index (χ4v) is 5.02. The number of hydrogen-bond acceptors (Lipinski definition) is 6. The molecule has 3 aromatic carbocycles. The summed E-state index contributed by atoms with van der Waals surface area (Å²) >= 11 is 7.73. The molecule has 0 saturated heterocycles. The van der Waals surface area contributed by atoms with Crippen molar-refractivity contribution in [1.29, 1.82) is 0 Å². The van der Waals surface area contributed by atoms with Gasteiger partial charge < -0.3 is 4.98 Å². The molecule has 0 fully saturated rings. The number of hydrogen-bond donors (Lipinski definition) is 3. The van der Waals surface area contributed by atoms with Gasteiger partial charge in [-0.05, 0) is 42.3 Å². The molecular weight excluding hydrogens is 520 g/mol. The number of aromatic amines is 2. The summed E-state index contributed by atoms with van der Waals surface area (Å²) in [6.07, 6.45) is 1.60. The lowest BCUT2D eigenvalue weighted by Gasteiger charge is -2.12. The molecule has 0 unspecified atom stereocenters. The van der Waals surface area contributed by atoms with Crippen molar-refractivity contribution in [2.45, 2.75) is 11.3 Å². The van der Waals surface area contributed by atoms with Crippen molar-refractivity contribution in [2.75, 3.05) is 0 Å². The summed E-state index contributed by atoms with van der Waals surface area (Å²) in [4.78, 5) is 38.8. The van der Waals surface area contributed by atoms with Crippen LogP contribution in [0.5, 0.6) is 0 Å². The topological polar surface area (TPSA) is 116 Å². The van der Waals surface area contributed by atoms with Gasteiger partial charge in [0.2, 0.25) is 5.91 Å². The van der Waals surface area contributed by atoms with Gasteiger partial charge in [-0.1, -0.05) is 60.1 Å². The molecule has 3 heterocycles. The van der Waals surface area contributed by atoms with E-state index in [0.29, 0.717) is 33.1 Å². The molecule has 6 rings (SSSR count). The minimum Gasteiger partial charge on any atom is -0.305 e. The molecule has 3 N–H and O–H groups in total. The third-order valence-electron chi connectivity index (χ3n) is 5.96. The SMILES string of the molecule is O=C(Cc1cc2nc(-c3cc(Cl)c4[nH]ncc4c3)c(-c3ccccc3)nc2[nH]c1=O)NSc1ccccc1. The smallest absolute Gasteiger partial charge is 0.253 e. The number of fused-ring (bicyclic) bond motifs is 2. The first-order valence-corrected chi connectivity index (χ1v) is 12.9. The van der Waals surface area contributed by atoms with Crippen LogP contribution in [0.3, 0.4) is 0 Å². The molecule has 0 spiro atoms. The summed E-state index contributed by atoms with van der Waals surface area (Å²) in [6.45, 7) is 0. The second-order valence-corrected chi connectivity index (χ2v) is 9.84. The Labute approximate surface area is 225 Å². The van der Waals surface area contributed by atoms with Gasteiger partial charge in [-0.3, -0.25) is 19.4 Å². The van der Waals surface area contributed by atoms with Crippen LogP contribution in [0.2, 0.25) is 5.02 Å². The van der Waals surface area contributed by atoms with Crippen molar-refractivity contribution in [3.05, 3.63) is 106 Å². The summed E-state index contributed by atoms with van der Waals surface area (Å²) in [5, 5.41) is 8.33. The first-order chi connectivity index (χ1) is 18.5. The summed E-state index contributed by atoms with van der Waals surface area (Å²) in [5.74, 6) is -0.296. The van der Waals surface area contributed by atoms with Crippen LogP contribution in [0.15, 0.2) is 94.7 Å². The van der Waals surface area contributed by atoms with Gasteiger partial charge in [0.1, 0.15) is 5.52 Å². The lowest BCUT2D eigenvalue weighted by Crippen LogP contribution is -2.23. The standard InChI is InChI=1S/C28H19ClN6O2S/c29-21-12-17(11-19-15-30-34-24(19)21)26-25(16-7-3-1-4-8-16)32-27-22(31-26)13-18(28(37)33-27)14-23(36)35-38-20-9-5-2-6-10-20/h1-13,15H,14H2,(H,30,34)(H,35,36)(H,32,33,37). The Morgan fingerprint density at radius 3 is 2.45 bits per heavy atom. The molecule has 3 aromatic heterocycles. The first kappa shape index (κ1) is 23.9. The Morgan fingerprint density at radius 1 is 0.921 bits per heavy atom. The molecule has 0 radical (unpaired) electrons. The largest absolute Gasteiger partial charge is 0.305 e. The van der Waals surface area contributed by atoms with Crippen LogP contribution >= 0.6 is 23.5 Å². The number of rotatable bonds is 6. The second kappa shape index (κ2) is 10.1. The fraction of sp³-hybridized carbons (Fsp3) is 0.0357. The molecule has 0 aliphatic rings. The predicted octanol–water partition coefficient (Wildman–Crippen LogP) is 5.55. The minimum atomic E-state index is -0.388. The van der Waals surface area contributed by atoms with Crippen molar-refractivity contribution in [3.63, 3.8) is 0 Å². The van der Waals surface area contributed by atoms with Crippen LogP contribution in [-0.2, 0) is 11.2 Å². The number of halogens is 1. The van der Waals surface area contributed by atoms with E-state index >= 15 is 0 Å². The van der Waals surface area contributed by atoms with Crippen molar-refractivity contribution in [2.24, 2.45) is 0 Å². The Balaban J connectivity index is 1.42. The highest BCUT2D eigenvalue weighted by Gasteiger charge is 2.18. The van der Waals surface area contributed by atoms with Crippen molar-refractivity contribution in [1.82, 2.24) is 29.9 Å². The Hall–Kier alpha value is -4.47. The molecule has 0 aliphatic heterocycles. The molecule has 38 heavy (non-hydrogen) atoms. The number of pyridine rings is 1. The van der Waals surface area contributed by atoms with Crippen LogP contribution < -0.4 is 10.3 Å². The van der Waals surface area contributed by atoms with Gasteiger partial charge in [0.25, 0.3) is 5.56 Å². The third-order valence-corrected chi connectivity index (χ3v) is 7.09. The van der Waals surface area contributed by atoms with Crippen LogP contribution in [0, 0.1) is 0 Å². The molecular formula is C28H19ClN6O2S. The number of nitrogens with one attached hydrogen (secondary N) is 3. The number of aromatic nitrogens is 5. The highest BCUT2D eigenvalue weighted by Crippen LogP contribution is 2.34. The highest BCUT2D eigenvalue weighted by atomic mass is 35.5. The van der Waals surface area contributed by atoms with Gasteiger partial charge >= 0.3 is 0 Å². The summed E-state index contributed by atoms with van der Waals surface area (Å²) in [6, 6.07) is 24.4. The Kier molecular flexibility index (Phi) is 6.36. The maximum Gasteiger partial charge on any atom is 0.253 e. The van der Waals surface area contributed by atoms with Crippen LogP contribution in [-0.4, -0.2) is 31.1 Å². The van der Waals surface area contributed by atoms with Gasteiger partial charge in [-0.2, -0.15) is 5.10 Å². The second-order valence-electron chi connectivity index (χ2n) is 8.55. The van der Waals surface area contributed by atoms with E-state index in [0.717, 1.165) is 26.9 Å². The zero-order chi connectivity index (χ0) is 26.1. The van der Waals surface area contributed by atoms with E-state index < -0.39 is 0 Å². The molecule has 1 amide bonds. The summed E-state index contributed by atoms with van der Waals surface area (Å²) < 4.78 is 2.78. The first-order valence-electron chi connectivity index (χ1n) is 11.7. The molecule has 186 valence electrons. The monoisotopic (exact) mass is 538 g/mol. The van der Waals surface area contributed by atoms with Crippen LogP contribution in [0.25, 0.3) is 44.6 Å². The molecule has 6 aromatic rings. The summed E-state index contributed by atoms with van der Waals surface area (Å²) in [5.41, 5.74) is 4.20. The van der Waals surface area contributed by atoms with E-state index in [1.165, 1.54) is 11.9 Å². The van der Waals surface area contributed by atoms with Gasteiger partial charge in [0, 0.05) is 27.0 Å². The quantitative estimate of drug-likeness (QED) is 0.239. The number of carbonyl (C=O) groups is 1. The van der Waals surface area contributed by atoms with Crippen molar-refractivity contribution < 1.29 is 4.79 Å². The fourth-order valence-electron chi connectivity index (χ4n) is 4.15. The number of amides is 1. The molecule has 0 bridgehead atoms. The number of nitrogens with zero attached hydrogens (tertiary/aromatic N) is 3. The van der Waals surface area contributed by atoms with Gasteiger partial charge in [0.15, 0.2) is 5.65 Å². The molecule has 0 aliphatic carbocycles. The van der Waals surface area contributed by atoms with Gasteiger partial charge in [-0.25, -0.2) is 9.97 Å². The number of H-pyrrole nitrogens is 2.